The van der Waals surface area contributed by atoms with E-state index in [0.717, 1.165) is 11.6 Å². The van der Waals surface area contributed by atoms with Gasteiger partial charge in [-0.3, -0.25) is 4.79 Å². The Balaban J connectivity index is 1.44. The van der Waals surface area contributed by atoms with E-state index in [0.29, 0.717) is 55.3 Å². The Morgan fingerprint density at radius 2 is 2.12 bits per heavy atom. The first-order valence-corrected chi connectivity index (χ1v) is 9.18. The Kier molecular flexibility index (Phi) is 4.78. The van der Waals surface area contributed by atoms with E-state index in [1.807, 2.05) is 6.92 Å². The minimum absolute atomic E-state index is 0.0710. The maximum absolute atomic E-state index is 12.5. The van der Waals surface area contributed by atoms with Crippen LogP contribution in [0.2, 0.25) is 5.02 Å². The number of carbonyl (C=O) groups is 1. The highest BCUT2D eigenvalue weighted by Crippen LogP contribution is 2.36. The summed E-state index contributed by atoms with van der Waals surface area (Å²) < 4.78 is 7.44. The van der Waals surface area contributed by atoms with Gasteiger partial charge < -0.3 is 19.5 Å². The van der Waals surface area contributed by atoms with Gasteiger partial charge >= 0.3 is 0 Å². The largest absolute Gasteiger partial charge is 0.378 e. The smallest absolute Gasteiger partial charge is 0.255 e. The molecular weight excluding hydrogens is 356 g/mol. The molecule has 3 heterocycles. The average molecular weight is 377 g/mol. The number of pyridine rings is 1. The van der Waals surface area contributed by atoms with Crippen LogP contribution in [-0.2, 0) is 11.3 Å². The van der Waals surface area contributed by atoms with Crippen molar-refractivity contribution >= 4 is 23.3 Å². The molecule has 0 atom stereocenters. The Labute approximate surface area is 156 Å². The molecule has 0 spiro atoms. The van der Waals surface area contributed by atoms with Crippen molar-refractivity contribution in [3.05, 3.63) is 34.5 Å². The van der Waals surface area contributed by atoms with E-state index in [2.05, 4.69) is 25.1 Å². The molecule has 8 nitrogen and oxygen atoms in total. The third-order valence-electron chi connectivity index (χ3n) is 4.65. The number of hydrogen-bond donors (Lipinski definition) is 1. The maximum Gasteiger partial charge on any atom is 0.255 e. The number of aryl methyl sites for hydroxylation is 1. The van der Waals surface area contributed by atoms with Crippen LogP contribution in [0.25, 0.3) is 0 Å². The number of morpholine rings is 1. The fourth-order valence-corrected chi connectivity index (χ4v) is 3.37. The van der Waals surface area contributed by atoms with Crippen LogP contribution >= 0.6 is 11.6 Å². The van der Waals surface area contributed by atoms with Crippen LogP contribution in [-0.4, -0.2) is 56.9 Å². The molecular formula is C17H21ClN6O2. The first kappa shape index (κ1) is 17.2. The quantitative estimate of drug-likeness (QED) is 0.859. The lowest BCUT2D eigenvalue weighted by molar-refractivity contribution is 0.0302. The number of nitrogens with zero attached hydrogens (tertiary/aromatic N) is 5. The molecule has 1 saturated carbocycles. The van der Waals surface area contributed by atoms with Crippen LogP contribution in [0.3, 0.4) is 0 Å². The van der Waals surface area contributed by atoms with Crippen molar-refractivity contribution in [1.29, 1.82) is 0 Å². The SMILES string of the molecule is Cc1nnc(CNc2ncc(C(=O)N3CCOCC3)cc2Cl)n1C1CC1. The summed E-state index contributed by atoms with van der Waals surface area (Å²) >= 11 is 6.34. The lowest BCUT2D eigenvalue weighted by atomic mass is 10.2. The summed E-state index contributed by atoms with van der Waals surface area (Å²) in [6.07, 6.45) is 3.90. The summed E-state index contributed by atoms with van der Waals surface area (Å²) in [4.78, 5) is 18.6. The van der Waals surface area contributed by atoms with Crippen molar-refractivity contribution in [2.45, 2.75) is 32.4 Å². The van der Waals surface area contributed by atoms with Crippen molar-refractivity contribution in [3.63, 3.8) is 0 Å². The van der Waals surface area contributed by atoms with Gasteiger partial charge in [-0.1, -0.05) is 11.6 Å². The molecule has 0 unspecified atom stereocenters. The molecule has 2 aliphatic rings. The number of rotatable bonds is 5. The molecule has 2 aromatic rings. The molecule has 1 amide bonds. The molecule has 1 saturated heterocycles. The summed E-state index contributed by atoms with van der Waals surface area (Å²) in [5.74, 6) is 2.26. The second kappa shape index (κ2) is 7.20. The van der Waals surface area contributed by atoms with Gasteiger partial charge in [0, 0.05) is 25.3 Å². The van der Waals surface area contributed by atoms with Gasteiger partial charge in [0.2, 0.25) is 0 Å². The van der Waals surface area contributed by atoms with Crippen molar-refractivity contribution in [3.8, 4) is 0 Å². The van der Waals surface area contributed by atoms with Gasteiger partial charge in [-0.2, -0.15) is 0 Å². The number of ether oxygens (including phenoxy) is 1. The third kappa shape index (κ3) is 3.52. The van der Waals surface area contributed by atoms with Gasteiger partial charge in [-0.05, 0) is 25.8 Å². The molecule has 1 N–H and O–H groups in total. The zero-order valence-electron chi connectivity index (χ0n) is 14.6. The number of nitrogens with one attached hydrogen (secondary N) is 1. The Morgan fingerprint density at radius 3 is 2.81 bits per heavy atom. The van der Waals surface area contributed by atoms with Gasteiger partial charge in [-0.15, -0.1) is 10.2 Å². The van der Waals surface area contributed by atoms with Crippen molar-refractivity contribution in [2.24, 2.45) is 0 Å². The van der Waals surface area contributed by atoms with Crippen molar-refractivity contribution in [2.75, 3.05) is 31.6 Å². The highest BCUT2D eigenvalue weighted by Gasteiger charge is 2.28. The van der Waals surface area contributed by atoms with E-state index in [1.165, 1.54) is 12.8 Å². The summed E-state index contributed by atoms with van der Waals surface area (Å²) in [7, 11) is 0. The lowest BCUT2D eigenvalue weighted by Crippen LogP contribution is -2.40. The van der Waals surface area contributed by atoms with Gasteiger partial charge in [-0.25, -0.2) is 4.98 Å². The molecule has 9 heteroatoms. The van der Waals surface area contributed by atoms with E-state index in [4.69, 9.17) is 16.3 Å². The minimum atomic E-state index is -0.0710. The van der Waals surface area contributed by atoms with Crippen LogP contribution in [0.4, 0.5) is 5.82 Å². The van der Waals surface area contributed by atoms with Crippen molar-refractivity contribution < 1.29 is 9.53 Å². The molecule has 0 radical (unpaired) electrons. The first-order chi connectivity index (χ1) is 12.6. The van der Waals surface area contributed by atoms with E-state index >= 15 is 0 Å². The van der Waals surface area contributed by atoms with Gasteiger partial charge in [0.15, 0.2) is 5.82 Å². The van der Waals surface area contributed by atoms with Crippen LogP contribution in [0, 0.1) is 6.92 Å². The second-order valence-electron chi connectivity index (χ2n) is 6.58. The molecule has 2 aromatic heterocycles. The molecule has 0 bridgehead atoms. The third-order valence-corrected chi connectivity index (χ3v) is 4.94. The number of anilines is 1. The number of amides is 1. The van der Waals surface area contributed by atoms with E-state index in [-0.39, 0.29) is 5.91 Å². The van der Waals surface area contributed by atoms with Gasteiger partial charge in [0.05, 0.1) is 30.3 Å². The Hall–Kier alpha value is -2.19. The zero-order chi connectivity index (χ0) is 18.1. The van der Waals surface area contributed by atoms with E-state index in [9.17, 15) is 4.79 Å². The topological polar surface area (TPSA) is 85.2 Å². The zero-order valence-corrected chi connectivity index (χ0v) is 15.4. The van der Waals surface area contributed by atoms with Crippen LogP contribution < -0.4 is 5.32 Å². The molecule has 1 aliphatic carbocycles. The average Bonchev–Trinajstić information content (AvgIpc) is 3.43. The Morgan fingerprint density at radius 1 is 1.35 bits per heavy atom. The van der Waals surface area contributed by atoms with Gasteiger partial charge in [0.25, 0.3) is 5.91 Å². The molecule has 26 heavy (non-hydrogen) atoms. The molecule has 4 rings (SSSR count). The molecule has 0 aromatic carbocycles. The second-order valence-corrected chi connectivity index (χ2v) is 6.98. The van der Waals surface area contributed by atoms with Crippen LogP contribution in [0.15, 0.2) is 12.3 Å². The first-order valence-electron chi connectivity index (χ1n) is 8.80. The molecule has 1 aliphatic heterocycles. The number of carbonyl (C=O) groups excluding carboxylic acids is 1. The predicted octanol–water partition coefficient (Wildman–Crippen LogP) is 2.05. The lowest BCUT2D eigenvalue weighted by Gasteiger charge is -2.26. The highest BCUT2D eigenvalue weighted by atomic mass is 35.5. The van der Waals surface area contributed by atoms with Gasteiger partial charge in [0.1, 0.15) is 11.6 Å². The fourth-order valence-electron chi connectivity index (χ4n) is 3.14. The number of hydrogen-bond acceptors (Lipinski definition) is 6. The van der Waals surface area contributed by atoms with Crippen LogP contribution in [0.1, 0.15) is 40.9 Å². The standard InChI is InChI=1S/C17H21ClN6O2/c1-11-21-22-15(24(11)13-2-3-13)10-20-16-14(18)8-12(9-19-16)17(25)23-4-6-26-7-5-23/h8-9,13H,2-7,10H2,1H3,(H,19,20). The Bertz CT molecular complexity index is 814. The van der Waals surface area contributed by atoms with Crippen molar-refractivity contribution in [1.82, 2.24) is 24.6 Å². The summed E-state index contributed by atoms with van der Waals surface area (Å²) in [6, 6.07) is 2.17. The highest BCUT2D eigenvalue weighted by molar-refractivity contribution is 6.33. The minimum Gasteiger partial charge on any atom is -0.378 e. The maximum atomic E-state index is 12.5. The predicted molar refractivity (Wildman–Crippen MR) is 96.3 cm³/mol. The number of aromatic nitrogens is 4. The summed E-state index contributed by atoms with van der Waals surface area (Å²) in [5.41, 5.74) is 0.486. The monoisotopic (exact) mass is 376 g/mol. The summed E-state index contributed by atoms with van der Waals surface area (Å²) in [6.45, 7) is 4.76. The molecule has 138 valence electrons. The fraction of sp³-hybridized carbons (Fsp3) is 0.529. The summed E-state index contributed by atoms with van der Waals surface area (Å²) in [5, 5.41) is 12.0. The molecule has 2 fully saturated rings. The van der Waals surface area contributed by atoms with E-state index in [1.54, 1.807) is 17.2 Å². The van der Waals surface area contributed by atoms with E-state index < -0.39 is 0 Å². The normalized spacial score (nSPS) is 17.4. The van der Waals surface area contributed by atoms with Crippen LogP contribution in [0.5, 0.6) is 0 Å². The number of halogens is 1.